The van der Waals surface area contributed by atoms with E-state index in [0.717, 1.165) is 13.1 Å². The third-order valence-corrected chi connectivity index (χ3v) is 3.82. The molecule has 1 heterocycles. The fraction of sp³-hybridized carbons (Fsp3) is 0.900. The van der Waals surface area contributed by atoms with Crippen molar-refractivity contribution in [3.63, 3.8) is 0 Å². The van der Waals surface area contributed by atoms with Crippen LogP contribution in [0, 0.1) is 17.8 Å². The van der Waals surface area contributed by atoms with Crippen LogP contribution in [-0.2, 0) is 4.79 Å². The standard InChI is InChI=1S/C10H16N2O.ClH/c1-12(6-2-3-6)10(13)9-7-4-11-5-8(7)9;/h6-9,11H,2-5H2,1H3;1H/t7-,8+,9?;. The smallest absolute Gasteiger partial charge is 0.226 e. The summed E-state index contributed by atoms with van der Waals surface area (Å²) in [5, 5.41) is 3.32. The Balaban J connectivity index is 0.000000750. The molecule has 0 spiro atoms. The van der Waals surface area contributed by atoms with Gasteiger partial charge in [0.2, 0.25) is 5.91 Å². The fourth-order valence-corrected chi connectivity index (χ4v) is 2.66. The molecule has 1 saturated heterocycles. The molecule has 3 atom stereocenters. The number of piperidine rings is 1. The molecule has 0 radical (unpaired) electrons. The highest BCUT2D eigenvalue weighted by Crippen LogP contribution is 2.50. The number of carbonyl (C=O) groups excluding carboxylic acids is 1. The van der Waals surface area contributed by atoms with E-state index in [9.17, 15) is 4.79 Å². The molecule has 0 bridgehead atoms. The highest BCUT2D eigenvalue weighted by Gasteiger charge is 2.58. The Hall–Kier alpha value is -0.280. The van der Waals surface area contributed by atoms with Crippen molar-refractivity contribution in [1.82, 2.24) is 10.2 Å². The topological polar surface area (TPSA) is 32.3 Å². The molecule has 2 aliphatic carbocycles. The van der Waals surface area contributed by atoms with E-state index in [4.69, 9.17) is 0 Å². The van der Waals surface area contributed by atoms with Crippen LogP contribution in [-0.4, -0.2) is 37.0 Å². The maximum atomic E-state index is 11.9. The van der Waals surface area contributed by atoms with Crippen molar-refractivity contribution >= 4 is 18.3 Å². The Labute approximate surface area is 90.6 Å². The van der Waals surface area contributed by atoms with Crippen molar-refractivity contribution < 1.29 is 4.79 Å². The van der Waals surface area contributed by atoms with E-state index < -0.39 is 0 Å². The minimum absolute atomic E-state index is 0. The number of carbonyl (C=O) groups is 1. The Morgan fingerprint density at radius 3 is 2.36 bits per heavy atom. The third-order valence-electron chi connectivity index (χ3n) is 3.82. The molecule has 0 aromatic rings. The maximum Gasteiger partial charge on any atom is 0.226 e. The number of amides is 1. The summed E-state index contributed by atoms with van der Waals surface area (Å²) < 4.78 is 0. The first-order chi connectivity index (χ1) is 6.29. The predicted octanol–water partition coefficient (Wildman–Crippen LogP) is 0.494. The quantitative estimate of drug-likeness (QED) is 0.729. The van der Waals surface area contributed by atoms with Crippen LogP contribution in [0.2, 0.25) is 0 Å². The zero-order valence-electron chi connectivity index (χ0n) is 8.40. The number of rotatable bonds is 2. The Morgan fingerprint density at radius 2 is 1.86 bits per heavy atom. The molecular weight excluding hydrogens is 200 g/mol. The highest BCUT2D eigenvalue weighted by molar-refractivity contribution is 5.85. The van der Waals surface area contributed by atoms with Crippen molar-refractivity contribution in [1.29, 1.82) is 0 Å². The zero-order valence-corrected chi connectivity index (χ0v) is 9.22. The van der Waals surface area contributed by atoms with Crippen LogP contribution in [0.3, 0.4) is 0 Å². The number of hydrogen-bond acceptors (Lipinski definition) is 2. The van der Waals surface area contributed by atoms with Gasteiger partial charge in [0.25, 0.3) is 0 Å². The molecule has 1 amide bonds. The van der Waals surface area contributed by atoms with Gasteiger partial charge in [0.05, 0.1) is 0 Å². The summed E-state index contributed by atoms with van der Waals surface area (Å²) in [4.78, 5) is 13.9. The van der Waals surface area contributed by atoms with Gasteiger partial charge in [-0.05, 0) is 37.8 Å². The highest BCUT2D eigenvalue weighted by atomic mass is 35.5. The van der Waals surface area contributed by atoms with Gasteiger partial charge in [0, 0.05) is 19.0 Å². The average molecular weight is 217 g/mol. The van der Waals surface area contributed by atoms with Crippen molar-refractivity contribution in [3.05, 3.63) is 0 Å². The van der Waals surface area contributed by atoms with E-state index in [-0.39, 0.29) is 12.4 Å². The first kappa shape index (κ1) is 10.2. The van der Waals surface area contributed by atoms with E-state index in [0.29, 0.717) is 29.7 Å². The second-order valence-corrected chi connectivity index (χ2v) is 4.69. The van der Waals surface area contributed by atoms with Crippen molar-refractivity contribution in [2.45, 2.75) is 18.9 Å². The molecule has 3 nitrogen and oxygen atoms in total. The lowest BCUT2D eigenvalue weighted by atomic mass is 10.2. The largest absolute Gasteiger partial charge is 0.343 e. The van der Waals surface area contributed by atoms with E-state index in [2.05, 4.69) is 5.32 Å². The molecule has 3 rings (SSSR count). The average Bonchev–Trinajstić information content (AvgIpc) is 3.04. The lowest BCUT2D eigenvalue weighted by Gasteiger charge is -2.17. The lowest BCUT2D eigenvalue weighted by molar-refractivity contribution is -0.132. The maximum absolute atomic E-state index is 11.9. The fourth-order valence-electron chi connectivity index (χ4n) is 2.66. The van der Waals surface area contributed by atoms with Crippen LogP contribution in [0.25, 0.3) is 0 Å². The number of fused-ring (bicyclic) bond motifs is 1. The van der Waals surface area contributed by atoms with Gasteiger partial charge in [-0.15, -0.1) is 12.4 Å². The summed E-state index contributed by atoms with van der Waals surface area (Å²) in [5.74, 6) is 2.15. The van der Waals surface area contributed by atoms with E-state index >= 15 is 0 Å². The molecule has 1 aliphatic heterocycles. The van der Waals surface area contributed by atoms with Crippen LogP contribution in [0.5, 0.6) is 0 Å². The molecule has 80 valence electrons. The lowest BCUT2D eigenvalue weighted by Crippen LogP contribution is -2.33. The van der Waals surface area contributed by atoms with Gasteiger partial charge in [-0.25, -0.2) is 0 Å². The Bertz CT molecular complexity index is 245. The normalized spacial score (nSPS) is 38.5. The number of halogens is 1. The first-order valence-electron chi connectivity index (χ1n) is 5.26. The number of hydrogen-bond donors (Lipinski definition) is 1. The molecule has 14 heavy (non-hydrogen) atoms. The second kappa shape index (κ2) is 3.38. The Kier molecular flexibility index (Phi) is 2.48. The molecule has 4 heteroatoms. The predicted molar refractivity (Wildman–Crippen MR) is 56.4 cm³/mol. The van der Waals surface area contributed by atoms with Gasteiger partial charge in [-0.1, -0.05) is 0 Å². The van der Waals surface area contributed by atoms with Crippen molar-refractivity contribution in [3.8, 4) is 0 Å². The SMILES string of the molecule is CN(C(=O)C1[C@H]2CNC[C@@H]12)C1CC1.Cl. The van der Waals surface area contributed by atoms with Gasteiger partial charge in [0.1, 0.15) is 0 Å². The van der Waals surface area contributed by atoms with E-state index in [1.807, 2.05) is 11.9 Å². The monoisotopic (exact) mass is 216 g/mol. The molecule has 0 aromatic heterocycles. The molecule has 3 fully saturated rings. The first-order valence-corrected chi connectivity index (χ1v) is 5.26. The summed E-state index contributed by atoms with van der Waals surface area (Å²) >= 11 is 0. The van der Waals surface area contributed by atoms with Crippen molar-refractivity contribution in [2.75, 3.05) is 20.1 Å². The van der Waals surface area contributed by atoms with Gasteiger partial charge in [-0.2, -0.15) is 0 Å². The summed E-state index contributed by atoms with van der Waals surface area (Å²) in [5.41, 5.74) is 0. The van der Waals surface area contributed by atoms with E-state index in [1.54, 1.807) is 0 Å². The third kappa shape index (κ3) is 1.43. The molecule has 2 saturated carbocycles. The van der Waals surface area contributed by atoms with Crippen LogP contribution >= 0.6 is 12.4 Å². The number of nitrogens with one attached hydrogen (secondary N) is 1. The Morgan fingerprint density at radius 1 is 1.29 bits per heavy atom. The summed E-state index contributed by atoms with van der Waals surface area (Å²) in [7, 11) is 1.97. The summed E-state index contributed by atoms with van der Waals surface area (Å²) in [6.07, 6.45) is 2.45. The second-order valence-electron chi connectivity index (χ2n) is 4.69. The summed E-state index contributed by atoms with van der Waals surface area (Å²) in [6.45, 7) is 2.14. The molecule has 0 aromatic carbocycles. The van der Waals surface area contributed by atoms with Gasteiger partial charge in [-0.3, -0.25) is 4.79 Å². The minimum atomic E-state index is 0. The molecule has 1 N–H and O–H groups in total. The zero-order chi connectivity index (χ0) is 9.00. The van der Waals surface area contributed by atoms with Gasteiger partial charge in [0.15, 0.2) is 0 Å². The minimum Gasteiger partial charge on any atom is -0.343 e. The van der Waals surface area contributed by atoms with Crippen LogP contribution in [0.4, 0.5) is 0 Å². The van der Waals surface area contributed by atoms with Gasteiger partial charge < -0.3 is 10.2 Å². The molecule has 1 unspecified atom stereocenters. The molecule has 3 aliphatic rings. The van der Waals surface area contributed by atoms with Crippen LogP contribution < -0.4 is 5.32 Å². The van der Waals surface area contributed by atoms with Gasteiger partial charge >= 0.3 is 0 Å². The number of nitrogens with zero attached hydrogens (tertiary/aromatic N) is 1. The van der Waals surface area contributed by atoms with Crippen molar-refractivity contribution in [2.24, 2.45) is 17.8 Å². The summed E-state index contributed by atoms with van der Waals surface area (Å²) in [6, 6.07) is 0.585. The molecular formula is C10H17ClN2O. The van der Waals surface area contributed by atoms with Crippen LogP contribution in [0.15, 0.2) is 0 Å². The van der Waals surface area contributed by atoms with E-state index in [1.165, 1.54) is 12.8 Å². The van der Waals surface area contributed by atoms with Crippen LogP contribution in [0.1, 0.15) is 12.8 Å².